The fourth-order valence-corrected chi connectivity index (χ4v) is 3.38. The molecule has 1 N–H and O–H groups in total. The van der Waals surface area contributed by atoms with Crippen LogP contribution in [-0.4, -0.2) is 22.0 Å². The summed E-state index contributed by atoms with van der Waals surface area (Å²) >= 11 is 5.91. The van der Waals surface area contributed by atoms with E-state index in [4.69, 9.17) is 16.1 Å². The van der Waals surface area contributed by atoms with Gasteiger partial charge in [0.25, 0.3) is 5.78 Å². The minimum Gasteiger partial charge on any atom is -0.507 e. The van der Waals surface area contributed by atoms with Gasteiger partial charge in [-0.2, -0.15) is 0 Å². The van der Waals surface area contributed by atoms with Crippen LogP contribution in [0.25, 0.3) is 5.76 Å². The van der Waals surface area contributed by atoms with Crippen LogP contribution in [0.5, 0.6) is 0 Å². The lowest BCUT2D eigenvalue weighted by atomic mass is 9.95. The van der Waals surface area contributed by atoms with Gasteiger partial charge in [0, 0.05) is 16.7 Å². The number of ketones is 1. The monoisotopic (exact) mass is 394 g/mol. The highest BCUT2D eigenvalue weighted by atomic mass is 35.5. The smallest absolute Gasteiger partial charge is 0.301 e. The van der Waals surface area contributed by atoms with Crippen molar-refractivity contribution in [3.05, 3.63) is 88.1 Å². The molecule has 2 heterocycles. The zero-order valence-electron chi connectivity index (χ0n) is 14.8. The van der Waals surface area contributed by atoms with Crippen molar-refractivity contribution in [1.82, 2.24) is 5.16 Å². The van der Waals surface area contributed by atoms with Gasteiger partial charge in [-0.1, -0.05) is 47.1 Å². The number of Topliss-reactive ketones (excluding diaryl/α,β-unsaturated/α-hetero) is 1. The number of rotatable bonds is 3. The third-order valence-corrected chi connectivity index (χ3v) is 4.79. The Morgan fingerprint density at radius 3 is 2.39 bits per heavy atom. The van der Waals surface area contributed by atoms with E-state index in [1.807, 2.05) is 6.07 Å². The topological polar surface area (TPSA) is 83.6 Å². The van der Waals surface area contributed by atoms with Crippen molar-refractivity contribution >= 4 is 34.9 Å². The molecular weight excluding hydrogens is 380 g/mol. The molecular formula is C21H15ClN2O4. The predicted octanol–water partition coefficient (Wildman–Crippen LogP) is 4.26. The lowest BCUT2D eigenvalue weighted by Gasteiger charge is -2.22. The van der Waals surface area contributed by atoms with E-state index in [1.165, 1.54) is 4.90 Å². The average molecular weight is 395 g/mol. The molecule has 28 heavy (non-hydrogen) atoms. The van der Waals surface area contributed by atoms with E-state index in [-0.39, 0.29) is 17.2 Å². The number of aryl methyl sites for hydroxylation is 1. The number of benzene rings is 2. The minimum absolute atomic E-state index is 0.0147. The molecule has 2 aromatic carbocycles. The predicted molar refractivity (Wildman–Crippen MR) is 104 cm³/mol. The molecule has 1 amide bonds. The summed E-state index contributed by atoms with van der Waals surface area (Å²) in [6.45, 7) is 1.69. The standard InChI is InChI=1S/C21H15ClN2O4/c1-12-11-16(23-28-12)24-18(13-5-3-2-4-6-13)17(20(26)21(24)27)19(25)14-7-9-15(22)10-8-14/h2-11,18,25H,1H3/b19-17-. The maximum absolute atomic E-state index is 12.9. The summed E-state index contributed by atoms with van der Waals surface area (Å²) < 4.78 is 5.09. The SMILES string of the molecule is Cc1cc(N2C(=O)C(=O)/C(=C(\O)c3ccc(Cl)cc3)C2c2ccccc2)no1. The van der Waals surface area contributed by atoms with E-state index < -0.39 is 17.7 Å². The van der Waals surface area contributed by atoms with Crippen molar-refractivity contribution in [3.8, 4) is 0 Å². The molecule has 6 nitrogen and oxygen atoms in total. The summed E-state index contributed by atoms with van der Waals surface area (Å²) in [5.74, 6) is -1.13. The molecule has 1 saturated heterocycles. The summed E-state index contributed by atoms with van der Waals surface area (Å²) in [4.78, 5) is 26.9. The first kappa shape index (κ1) is 18.0. The molecule has 0 saturated carbocycles. The van der Waals surface area contributed by atoms with Crippen LogP contribution in [0.1, 0.15) is 22.9 Å². The molecule has 1 atom stereocenters. The second-order valence-electron chi connectivity index (χ2n) is 6.38. The van der Waals surface area contributed by atoms with E-state index in [2.05, 4.69) is 5.16 Å². The molecule has 1 aliphatic heterocycles. The molecule has 0 radical (unpaired) electrons. The minimum atomic E-state index is -0.832. The van der Waals surface area contributed by atoms with Gasteiger partial charge in [0.2, 0.25) is 0 Å². The summed E-state index contributed by atoms with van der Waals surface area (Å²) in [5.41, 5.74) is 1.04. The first-order chi connectivity index (χ1) is 13.5. The lowest BCUT2D eigenvalue weighted by Crippen LogP contribution is -2.29. The van der Waals surface area contributed by atoms with Crippen LogP contribution in [0.4, 0.5) is 5.82 Å². The van der Waals surface area contributed by atoms with Crippen LogP contribution < -0.4 is 4.90 Å². The second-order valence-corrected chi connectivity index (χ2v) is 6.82. The highest BCUT2D eigenvalue weighted by Crippen LogP contribution is 2.41. The van der Waals surface area contributed by atoms with Crippen molar-refractivity contribution < 1.29 is 19.2 Å². The third-order valence-electron chi connectivity index (χ3n) is 4.54. The molecule has 1 fully saturated rings. The summed E-state index contributed by atoms with van der Waals surface area (Å²) in [6.07, 6.45) is 0. The number of nitrogens with zero attached hydrogens (tertiary/aromatic N) is 2. The van der Waals surface area contributed by atoms with Gasteiger partial charge in [-0.3, -0.25) is 14.5 Å². The number of amides is 1. The number of aliphatic hydroxyl groups is 1. The van der Waals surface area contributed by atoms with Gasteiger partial charge in [-0.05, 0) is 36.8 Å². The number of halogens is 1. The molecule has 1 unspecified atom stereocenters. The first-order valence-corrected chi connectivity index (χ1v) is 8.90. The highest BCUT2D eigenvalue weighted by Gasteiger charge is 2.48. The van der Waals surface area contributed by atoms with E-state index in [0.717, 1.165) is 0 Å². The lowest BCUT2D eigenvalue weighted by molar-refractivity contribution is -0.132. The number of anilines is 1. The number of hydrogen-bond donors (Lipinski definition) is 1. The average Bonchev–Trinajstić information content (AvgIpc) is 3.24. The van der Waals surface area contributed by atoms with Gasteiger partial charge in [-0.15, -0.1) is 0 Å². The Balaban J connectivity index is 1.93. The van der Waals surface area contributed by atoms with Gasteiger partial charge < -0.3 is 9.63 Å². The first-order valence-electron chi connectivity index (χ1n) is 8.52. The van der Waals surface area contributed by atoms with Gasteiger partial charge in [-0.25, -0.2) is 0 Å². The highest BCUT2D eigenvalue weighted by molar-refractivity contribution is 6.51. The molecule has 0 bridgehead atoms. The molecule has 3 aromatic rings. The fraction of sp³-hybridized carbons (Fsp3) is 0.0952. The summed E-state index contributed by atoms with van der Waals surface area (Å²) in [7, 11) is 0. The number of hydrogen-bond acceptors (Lipinski definition) is 5. The molecule has 7 heteroatoms. The Kier molecular flexibility index (Phi) is 4.49. The Labute approximate surface area is 165 Å². The van der Waals surface area contributed by atoms with Crippen molar-refractivity contribution in [3.63, 3.8) is 0 Å². The van der Waals surface area contributed by atoms with E-state index >= 15 is 0 Å². The Morgan fingerprint density at radius 2 is 1.79 bits per heavy atom. The van der Waals surface area contributed by atoms with Crippen molar-refractivity contribution in [2.24, 2.45) is 0 Å². The number of carbonyl (C=O) groups excluding carboxylic acids is 2. The van der Waals surface area contributed by atoms with E-state index in [1.54, 1.807) is 61.5 Å². The molecule has 140 valence electrons. The molecule has 4 rings (SSSR count). The number of carbonyl (C=O) groups is 2. The maximum atomic E-state index is 12.9. The second kappa shape index (κ2) is 6.98. The van der Waals surface area contributed by atoms with Crippen LogP contribution in [0.3, 0.4) is 0 Å². The number of aliphatic hydroxyl groups excluding tert-OH is 1. The third kappa shape index (κ3) is 2.97. The molecule has 0 spiro atoms. The zero-order chi connectivity index (χ0) is 19.8. The van der Waals surface area contributed by atoms with Crippen LogP contribution in [0.15, 0.2) is 70.8 Å². The Bertz CT molecular complexity index is 1090. The van der Waals surface area contributed by atoms with Gasteiger partial charge in [0.15, 0.2) is 5.82 Å². The van der Waals surface area contributed by atoms with Crippen molar-refractivity contribution in [2.75, 3.05) is 4.90 Å². The number of aromatic nitrogens is 1. The van der Waals surface area contributed by atoms with Crippen molar-refractivity contribution in [1.29, 1.82) is 0 Å². The van der Waals surface area contributed by atoms with Crippen LogP contribution in [-0.2, 0) is 9.59 Å². The quantitative estimate of drug-likeness (QED) is 0.407. The summed E-state index contributed by atoms with van der Waals surface area (Å²) in [5, 5.41) is 15.3. The normalized spacial score (nSPS) is 18.6. The molecule has 0 aliphatic carbocycles. The summed E-state index contributed by atoms with van der Waals surface area (Å²) in [6, 6.07) is 16.1. The largest absolute Gasteiger partial charge is 0.507 e. The Morgan fingerprint density at radius 1 is 1.11 bits per heavy atom. The van der Waals surface area contributed by atoms with Gasteiger partial charge in [0.05, 0.1) is 11.6 Å². The van der Waals surface area contributed by atoms with Crippen LogP contribution >= 0.6 is 11.6 Å². The molecule has 1 aliphatic rings. The van der Waals surface area contributed by atoms with Crippen LogP contribution in [0, 0.1) is 6.92 Å². The maximum Gasteiger partial charge on any atom is 0.301 e. The molecule has 1 aromatic heterocycles. The van der Waals surface area contributed by atoms with Gasteiger partial charge in [0.1, 0.15) is 11.5 Å². The van der Waals surface area contributed by atoms with Crippen LogP contribution in [0.2, 0.25) is 5.02 Å². The van der Waals surface area contributed by atoms with E-state index in [9.17, 15) is 14.7 Å². The van der Waals surface area contributed by atoms with E-state index in [0.29, 0.717) is 21.9 Å². The zero-order valence-corrected chi connectivity index (χ0v) is 15.6. The fourth-order valence-electron chi connectivity index (χ4n) is 3.25. The Hall–Kier alpha value is -3.38. The van der Waals surface area contributed by atoms with Gasteiger partial charge >= 0.3 is 5.91 Å². The van der Waals surface area contributed by atoms with Crippen molar-refractivity contribution in [2.45, 2.75) is 13.0 Å².